The number of unbranched alkanes of at least 4 members (excludes halogenated alkanes) is 2. The Morgan fingerprint density at radius 3 is 2.90 bits per heavy atom. The normalized spacial score (nSPS) is 12.5. The summed E-state index contributed by atoms with van der Waals surface area (Å²) in [4.78, 5) is 0. The molecule has 1 unspecified atom stereocenters. The van der Waals surface area contributed by atoms with Crippen molar-refractivity contribution < 1.29 is 0 Å². The van der Waals surface area contributed by atoms with Crippen LogP contribution in [0.25, 0.3) is 10.9 Å². The van der Waals surface area contributed by atoms with Crippen molar-refractivity contribution in [3.05, 3.63) is 35.0 Å². The van der Waals surface area contributed by atoms with Gasteiger partial charge >= 0.3 is 0 Å². The van der Waals surface area contributed by atoms with E-state index < -0.39 is 0 Å². The molecular formula is C16H20ClN3. The van der Waals surface area contributed by atoms with Crippen molar-refractivity contribution >= 4 is 22.5 Å². The number of aryl methyl sites for hydroxylation is 1. The lowest BCUT2D eigenvalue weighted by Crippen LogP contribution is -2.17. The van der Waals surface area contributed by atoms with Crippen LogP contribution in [0.15, 0.2) is 24.4 Å². The first-order valence-electron chi connectivity index (χ1n) is 7.01. The van der Waals surface area contributed by atoms with Gasteiger partial charge in [-0.3, -0.25) is 0 Å². The van der Waals surface area contributed by atoms with Crippen LogP contribution in [-0.4, -0.2) is 10.6 Å². The van der Waals surface area contributed by atoms with Gasteiger partial charge in [0.1, 0.15) is 0 Å². The summed E-state index contributed by atoms with van der Waals surface area (Å²) in [6.45, 7) is 2.93. The number of aromatic nitrogens is 1. The second-order valence-electron chi connectivity index (χ2n) is 5.31. The van der Waals surface area contributed by atoms with Gasteiger partial charge in [-0.2, -0.15) is 5.26 Å². The van der Waals surface area contributed by atoms with E-state index in [1.807, 2.05) is 19.1 Å². The van der Waals surface area contributed by atoms with Crippen molar-refractivity contribution in [1.82, 2.24) is 4.57 Å². The molecule has 1 aromatic heterocycles. The smallest absolute Gasteiger partial charge is 0.0621 e. The van der Waals surface area contributed by atoms with E-state index in [0.29, 0.717) is 6.42 Å². The Labute approximate surface area is 124 Å². The summed E-state index contributed by atoms with van der Waals surface area (Å²) < 4.78 is 2.23. The second-order valence-corrected chi connectivity index (χ2v) is 5.74. The van der Waals surface area contributed by atoms with E-state index in [2.05, 4.69) is 22.9 Å². The summed E-state index contributed by atoms with van der Waals surface area (Å²) in [6.07, 6.45) is 5.59. The molecule has 2 N–H and O–H groups in total. The number of halogens is 1. The fourth-order valence-corrected chi connectivity index (χ4v) is 2.69. The van der Waals surface area contributed by atoms with Gasteiger partial charge in [0.2, 0.25) is 0 Å². The highest BCUT2D eigenvalue weighted by atomic mass is 35.5. The molecule has 0 amide bonds. The molecule has 0 fully saturated rings. The van der Waals surface area contributed by atoms with E-state index in [4.69, 9.17) is 22.6 Å². The maximum Gasteiger partial charge on any atom is 0.0621 e. The van der Waals surface area contributed by atoms with Crippen LogP contribution in [0.3, 0.4) is 0 Å². The van der Waals surface area contributed by atoms with Gasteiger partial charge in [0.05, 0.1) is 6.07 Å². The Balaban J connectivity index is 2.28. The number of benzene rings is 1. The SMILES string of the molecule is CC(N)Cc1cn(CCCCC#N)c2cc(Cl)ccc12. The fraction of sp³-hybridized carbons (Fsp3) is 0.438. The molecule has 0 aliphatic rings. The van der Waals surface area contributed by atoms with Gasteiger partial charge in [0, 0.05) is 41.1 Å². The first-order chi connectivity index (χ1) is 9.61. The van der Waals surface area contributed by atoms with Crippen LogP contribution in [0.2, 0.25) is 5.02 Å². The average molecular weight is 290 g/mol. The van der Waals surface area contributed by atoms with E-state index >= 15 is 0 Å². The minimum Gasteiger partial charge on any atom is -0.347 e. The molecule has 2 rings (SSSR count). The monoisotopic (exact) mass is 289 g/mol. The number of hydrogen-bond donors (Lipinski definition) is 1. The molecule has 0 saturated carbocycles. The van der Waals surface area contributed by atoms with Crippen LogP contribution < -0.4 is 5.73 Å². The fourth-order valence-electron chi connectivity index (χ4n) is 2.52. The van der Waals surface area contributed by atoms with Gasteiger partial charge in [-0.15, -0.1) is 0 Å². The first kappa shape index (κ1) is 14.9. The number of fused-ring (bicyclic) bond motifs is 1. The van der Waals surface area contributed by atoms with Crippen LogP contribution in [0.1, 0.15) is 31.7 Å². The minimum absolute atomic E-state index is 0.142. The summed E-state index contributed by atoms with van der Waals surface area (Å²) in [6, 6.07) is 8.33. The highest BCUT2D eigenvalue weighted by Gasteiger charge is 2.10. The molecule has 4 heteroatoms. The van der Waals surface area contributed by atoms with Gasteiger partial charge < -0.3 is 10.3 Å². The molecule has 1 heterocycles. The van der Waals surface area contributed by atoms with E-state index in [1.54, 1.807) is 0 Å². The first-order valence-corrected chi connectivity index (χ1v) is 7.39. The minimum atomic E-state index is 0.142. The maximum atomic E-state index is 8.59. The van der Waals surface area contributed by atoms with Gasteiger partial charge in [-0.25, -0.2) is 0 Å². The molecule has 1 aromatic carbocycles. The van der Waals surface area contributed by atoms with Crippen molar-refractivity contribution in [3.63, 3.8) is 0 Å². The molecule has 0 aliphatic heterocycles. The van der Waals surface area contributed by atoms with Gasteiger partial charge in [-0.1, -0.05) is 17.7 Å². The number of nitriles is 1. The highest BCUT2D eigenvalue weighted by molar-refractivity contribution is 6.31. The lowest BCUT2D eigenvalue weighted by atomic mass is 10.1. The van der Waals surface area contributed by atoms with E-state index in [-0.39, 0.29) is 6.04 Å². The Hall–Kier alpha value is -1.50. The van der Waals surface area contributed by atoms with Crippen molar-refractivity contribution in [2.75, 3.05) is 0 Å². The molecule has 0 bridgehead atoms. The molecule has 2 aromatic rings. The van der Waals surface area contributed by atoms with Crippen LogP contribution in [-0.2, 0) is 13.0 Å². The van der Waals surface area contributed by atoms with E-state index in [0.717, 1.165) is 36.3 Å². The summed E-state index contributed by atoms with van der Waals surface area (Å²) in [7, 11) is 0. The summed E-state index contributed by atoms with van der Waals surface area (Å²) in [5.74, 6) is 0. The van der Waals surface area contributed by atoms with Crippen molar-refractivity contribution in [1.29, 1.82) is 5.26 Å². The Morgan fingerprint density at radius 2 is 2.20 bits per heavy atom. The third-order valence-electron chi connectivity index (χ3n) is 3.41. The third-order valence-corrected chi connectivity index (χ3v) is 3.64. The molecule has 3 nitrogen and oxygen atoms in total. The van der Waals surface area contributed by atoms with Crippen LogP contribution in [0.5, 0.6) is 0 Å². The highest BCUT2D eigenvalue weighted by Crippen LogP contribution is 2.26. The zero-order chi connectivity index (χ0) is 14.5. The molecule has 106 valence electrons. The second kappa shape index (κ2) is 6.78. The van der Waals surface area contributed by atoms with Crippen LogP contribution >= 0.6 is 11.6 Å². The predicted octanol–water partition coefficient (Wildman–Crippen LogP) is 3.88. The predicted molar refractivity (Wildman–Crippen MR) is 83.8 cm³/mol. The standard InChI is InChI=1S/C16H20ClN3/c1-12(19)9-13-11-20(8-4-2-3-7-18)16-10-14(17)5-6-15(13)16/h5-6,10-12H,2-4,8-9,19H2,1H3. The topological polar surface area (TPSA) is 54.7 Å². The van der Waals surface area contributed by atoms with E-state index in [1.165, 1.54) is 10.9 Å². The summed E-state index contributed by atoms with van der Waals surface area (Å²) in [5.41, 5.74) is 8.35. The van der Waals surface area contributed by atoms with Gasteiger partial charge in [0.25, 0.3) is 0 Å². The van der Waals surface area contributed by atoms with Crippen LogP contribution in [0, 0.1) is 11.3 Å². The molecule has 1 atom stereocenters. The lowest BCUT2D eigenvalue weighted by Gasteiger charge is -2.04. The lowest BCUT2D eigenvalue weighted by molar-refractivity contribution is 0.629. The summed E-state index contributed by atoms with van der Waals surface area (Å²) >= 11 is 6.11. The molecular weight excluding hydrogens is 270 g/mol. The largest absolute Gasteiger partial charge is 0.347 e. The zero-order valence-electron chi connectivity index (χ0n) is 11.8. The molecule has 0 radical (unpaired) electrons. The Kier molecular flexibility index (Phi) is 5.05. The molecule has 0 spiro atoms. The number of rotatable bonds is 6. The van der Waals surface area contributed by atoms with Crippen molar-refractivity contribution in [2.45, 2.75) is 45.2 Å². The van der Waals surface area contributed by atoms with Crippen molar-refractivity contribution in [3.8, 4) is 6.07 Å². The maximum absolute atomic E-state index is 8.59. The van der Waals surface area contributed by atoms with Crippen molar-refractivity contribution in [2.24, 2.45) is 5.73 Å². The zero-order valence-corrected chi connectivity index (χ0v) is 12.5. The summed E-state index contributed by atoms with van der Waals surface area (Å²) in [5, 5.41) is 10.6. The number of nitrogens with two attached hydrogens (primary N) is 1. The average Bonchev–Trinajstić information content (AvgIpc) is 2.71. The van der Waals surface area contributed by atoms with Crippen LogP contribution in [0.4, 0.5) is 0 Å². The van der Waals surface area contributed by atoms with E-state index in [9.17, 15) is 0 Å². The van der Waals surface area contributed by atoms with Gasteiger partial charge in [0.15, 0.2) is 0 Å². The number of hydrogen-bond acceptors (Lipinski definition) is 2. The Morgan fingerprint density at radius 1 is 1.40 bits per heavy atom. The Bertz CT molecular complexity index is 622. The molecule has 20 heavy (non-hydrogen) atoms. The molecule has 0 aliphatic carbocycles. The quantitative estimate of drug-likeness (QED) is 0.821. The van der Waals surface area contributed by atoms with Gasteiger partial charge in [-0.05, 0) is 43.9 Å². The number of nitrogens with zero attached hydrogens (tertiary/aromatic N) is 2. The molecule has 0 saturated heterocycles. The third kappa shape index (κ3) is 3.53.